The molecule has 2 heterocycles. The van der Waals surface area contributed by atoms with Gasteiger partial charge in [0.05, 0.1) is 11.6 Å². The second kappa shape index (κ2) is 7.97. The molecule has 6 heteroatoms. The zero-order valence-electron chi connectivity index (χ0n) is 15.8. The van der Waals surface area contributed by atoms with E-state index in [0.29, 0.717) is 17.2 Å². The van der Waals surface area contributed by atoms with Crippen LogP contribution in [0.15, 0.2) is 54.6 Å². The number of hydrogen-bond donors (Lipinski definition) is 2. The van der Waals surface area contributed by atoms with E-state index in [-0.39, 0.29) is 0 Å². The molecule has 1 saturated heterocycles. The molecule has 140 valence electrons. The van der Waals surface area contributed by atoms with Gasteiger partial charge in [0.2, 0.25) is 0 Å². The van der Waals surface area contributed by atoms with Crippen LogP contribution in [0.5, 0.6) is 0 Å². The van der Waals surface area contributed by atoms with Crippen LogP contribution < -0.4 is 15.5 Å². The Bertz CT molecular complexity index is 1000. The summed E-state index contributed by atoms with van der Waals surface area (Å²) in [6.07, 6.45) is 2.54. The third-order valence-electron chi connectivity index (χ3n) is 4.71. The Morgan fingerprint density at radius 1 is 0.893 bits per heavy atom. The minimum Gasteiger partial charge on any atom is -0.372 e. The number of hydrogen-bond acceptors (Lipinski definition) is 6. The minimum absolute atomic E-state index is 0.604. The fraction of sp³-hybridized carbons (Fsp3) is 0.227. The summed E-state index contributed by atoms with van der Waals surface area (Å²) in [6, 6.07) is 19.8. The summed E-state index contributed by atoms with van der Waals surface area (Å²) in [5.41, 5.74) is 3.67. The Labute approximate surface area is 164 Å². The predicted octanol–water partition coefficient (Wildman–Crippen LogP) is 4.74. The van der Waals surface area contributed by atoms with Crippen LogP contribution in [0.4, 0.5) is 28.7 Å². The highest BCUT2D eigenvalue weighted by Gasteiger charge is 2.12. The van der Waals surface area contributed by atoms with Crippen molar-refractivity contribution in [2.24, 2.45) is 0 Å². The average Bonchev–Trinajstić information content (AvgIpc) is 3.23. The van der Waals surface area contributed by atoms with Gasteiger partial charge in [-0.05, 0) is 62.2 Å². The van der Waals surface area contributed by atoms with Gasteiger partial charge >= 0.3 is 0 Å². The van der Waals surface area contributed by atoms with E-state index in [0.717, 1.165) is 30.3 Å². The van der Waals surface area contributed by atoms with Gasteiger partial charge in [0.25, 0.3) is 0 Å². The van der Waals surface area contributed by atoms with Crippen molar-refractivity contribution in [2.75, 3.05) is 28.6 Å². The molecule has 0 radical (unpaired) electrons. The first-order valence-electron chi connectivity index (χ1n) is 9.44. The average molecular weight is 370 g/mol. The molecule has 0 amide bonds. The molecule has 0 atom stereocenters. The first-order valence-corrected chi connectivity index (χ1v) is 9.44. The van der Waals surface area contributed by atoms with Gasteiger partial charge in [-0.15, -0.1) is 0 Å². The van der Waals surface area contributed by atoms with Gasteiger partial charge in [0.1, 0.15) is 17.5 Å². The van der Waals surface area contributed by atoms with E-state index in [4.69, 9.17) is 5.26 Å². The van der Waals surface area contributed by atoms with Gasteiger partial charge in [0.15, 0.2) is 0 Å². The third-order valence-corrected chi connectivity index (χ3v) is 4.71. The van der Waals surface area contributed by atoms with E-state index in [1.165, 1.54) is 18.5 Å². The highest BCUT2D eigenvalue weighted by molar-refractivity contribution is 5.65. The number of aryl methyl sites for hydroxylation is 1. The SMILES string of the molecule is Cc1nc(Nc2ccc(N3CCCC3)cc2)cc(Nc2cccc(C#N)c2)n1. The maximum Gasteiger partial charge on any atom is 0.136 e. The normalized spacial score (nSPS) is 13.2. The zero-order valence-corrected chi connectivity index (χ0v) is 15.8. The van der Waals surface area contributed by atoms with Crippen molar-refractivity contribution in [3.05, 3.63) is 66.0 Å². The lowest BCUT2D eigenvalue weighted by molar-refractivity contribution is 0.949. The molecule has 0 bridgehead atoms. The first-order chi connectivity index (χ1) is 13.7. The number of anilines is 5. The fourth-order valence-corrected chi connectivity index (χ4v) is 3.39. The maximum absolute atomic E-state index is 9.05. The van der Waals surface area contributed by atoms with Gasteiger partial charge in [-0.3, -0.25) is 0 Å². The monoisotopic (exact) mass is 370 g/mol. The molecule has 4 rings (SSSR count). The van der Waals surface area contributed by atoms with Crippen molar-refractivity contribution < 1.29 is 0 Å². The van der Waals surface area contributed by atoms with Crippen molar-refractivity contribution in [2.45, 2.75) is 19.8 Å². The standard InChI is InChI=1S/C22H22N6/c1-16-24-21(14-22(25-16)27-19-6-4-5-17(13-19)15-23)26-18-7-9-20(10-8-18)28-11-2-3-12-28/h4-10,13-14H,2-3,11-12H2,1H3,(H2,24,25,26,27). The molecule has 1 fully saturated rings. The molecule has 1 aromatic heterocycles. The number of nitrogens with zero attached hydrogens (tertiary/aromatic N) is 4. The van der Waals surface area contributed by atoms with E-state index in [1.807, 2.05) is 25.1 Å². The Kier molecular flexibility index (Phi) is 5.07. The second-order valence-corrected chi connectivity index (χ2v) is 6.87. The van der Waals surface area contributed by atoms with Gasteiger partial charge < -0.3 is 15.5 Å². The molecule has 2 aromatic carbocycles. The van der Waals surface area contributed by atoms with Crippen molar-refractivity contribution in [1.29, 1.82) is 5.26 Å². The molecule has 0 unspecified atom stereocenters. The summed E-state index contributed by atoms with van der Waals surface area (Å²) in [5, 5.41) is 15.6. The molecule has 1 aliphatic rings. The smallest absolute Gasteiger partial charge is 0.136 e. The van der Waals surface area contributed by atoms with Crippen LogP contribution >= 0.6 is 0 Å². The Hall–Kier alpha value is -3.59. The number of benzene rings is 2. The third kappa shape index (κ3) is 4.21. The quantitative estimate of drug-likeness (QED) is 0.675. The van der Waals surface area contributed by atoms with Gasteiger partial charge in [-0.25, -0.2) is 9.97 Å². The zero-order chi connectivity index (χ0) is 19.3. The van der Waals surface area contributed by atoms with Gasteiger partial charge in [-0.1, -0.05) is 6.07 Å². The predicted molar refractivity (Wildman–Crippen MR) is 112 cm³/mol. The molecule has 2 N–H and O–H groups in total. The summed E-state index contributed by atoms with van der Waals surface area (Å²) in [7, 11) is 0. The van der Waals surface area contributed by atoms with Crippen LogP contribution in [-0.4, -0.2) is 23.1 Å². The van der Waals surface area contributed by atoms with Gasteiger partial charge in [0, 0.05) is 36.2 Å². The summed E-state index contributed by atoms with van der Waals surface area (Å²) >= 11 is 0. The molecule has 1 aliphatic heterocycles. The highest BCUT2D eigenvalue weighted by Crippen LogP contribution is 2.25. The Balaban J connectivity index is 1.49. The Morgan fingerprint density at radius 2 is 1.57 bits per heavy atom. The second-order valence-electron chi connectivity index (χ2n) is 6.87. The topological polar surface area (TPSA) is 76.9 Å². The minimum atomic E-state index is 0.604. The molecular formula is C22H22N6. The summed E-state index contributed by atoms with van der Waals surface area (Å²) in [5.74, 6) is 2.07. The lowest BCUT2D eigenvalue weighted by Gasteiger charge is -2.18. The molecular weight excluding hydrogens is 348 g/mol. The first kappa shape index (κ1) is 17.8. The lowest BCUT2D eigenvalue weighted by atomic mass is 10.2. The summed E-state index contributed by atoms with van der Waals surface area (Å²) < 4.78 is 0. The molecule has 0 saturated carbocycles. The van der Waals surface area contributed by atoms with E-state index >= 15 is 0 Å². The molecule has 3 aromatic rings. The van der Waals surface area contributed by atoms with Crippen molar-refractivity contribution in [3.63, 3.8) is 0 Å². The lowest BCUT2D eigenvalue weighted by Crippen LogP contribution is -2.17. The van der Waals surface area contributed by atoms with E-state index < -0.39 is 0 Å². The van der Waals surface area contributed by atoms with Crippen LogP contribution in [0.1, 0.15) is 24.2 Å². The summed E-state index contributed by atoms with van der Waals surface area (Å²) in [4.78, 5) is 11.3. The van der Waals surface area contributed by atoms with E-state index in [1.54, 1.807) is 12.1 Å². The molecule has 28 heavy (non-hydrogen) atoms. The molecule has 0 spiro atoms. The van der Waals surface area contributed by atoms with Gasteiger partial charge in [-0.2, -0.15) is 5.26 Å². The number of rotatable bonds is 5. The van der Waals surface area contributed by atoms with Crippen molar-refractivity contribution >= 4 is 28.7 Å². The van der Waals surface area contributed by atoms with Crippen molar-refractivity contribution in [3.8, 4) is 6.07 Å². The number of aromatic nitrogens is 2. The van der Waals surface area contributed by atoms with Crippen LogP contribution in [0, 0.1) is 18.3 Å². The van der Waals surface area contributed by atoms with Crippen LogP contribution in [0.2, 0.25) is 0 Å². The Morgan fingerprint density at radius 3 is 2.25 bits per heavy atom. The molecule has 0 aliphatic carbocycles. The van der Waals surface area contributed by atoms with Crippen LogP contribution in [-0.2, 0) is 0 Å². The highest BCUT2D eigenvalue weighted by atomic mass is 15.1. The largest absolute Gasteiger partial charge is 0.372 e. The van der Waals surface area contributed by atoms with Crippen LogP contribution in [0.25, 0.3) is 0 Å². The van der Waals surface area contributed by atoms with E-state index in [2.05, 4.69) is 55.8 Å². The number of nitrogens with one attached hydrogen (secondary N) is 2. The number of nitriles is 1. The molecule has 6 nitrogen and oxygen atoms in total. The maximum atomic E-state index is 9.05. The van der Waals surface area contributed by atoms with E-state index in [9.17, 15) is 0 Å². The van der Waals surface area contributed by atoms with Crippen molar-refractivity contribution in [1.82, 2.24) is 9.97 Å². The van der Waals surface area contributed by atoms with Crippen LogP contribution in [0.3, 0.4) is 0 Å². The summed E-state index contributed by atoms with van der Waals surface area (Å²) in [6.45, 7) is 4.14. The fourth-order valence-electron chi connectivity index (χ4n) is 3.39.